The Kier molecular flexibility index (Phi) is 8.21. The summed E-state index contributed by atoms with van der Waals surface area (Å²) < 4.78 is 12.0. The monoisotopic (exact) mass is 553 g/mol. The molecular formula is C30H26Cl3NO3. The van der Waals surface area contributed by atoms with Gasteiger partial charge < -0.3 is 14.8 Å². The van der Waals surface area contributed by atoms with Gasteiger partial charge in [0.2, 0.25) is 0 Å². The lowest BCUT2D eigenvalue weighted by atomic mass is 9.94. The summed E-state index contributed by atoms with van der Waals surface area (Å²) in [5.41, 5.74) is 3.21. The van der Waals surface area contributed by atoms with Gasteiger partial charge in [0.15, 0.2) is 0 Å². The summed E-state index contributed by atoms with van der Waals surface area (Å²) in [6, 6.07) is 27.2. The zero-order valence-electron chi connectivity index (χ0n) is 20.0. The van der Waals surface area contributed by atoms with E-state index in [9.17, 15) is 4.79 Å². The molecular weight excluding hydrogens is 529 g/mol. The second kappa shape index (κ2) is 11.7. The highest BCUT2D eigenvalue weighted by molar-refractivity contribution is 6.39. The van der Waals surface area contributed by atoms with Gasteiger partial charge in [-0.05, 0) is 52.9 Å². The Labute approximate surface area is 231 Å². The molecule has 1 aliphatic heterocycles. The van der Waals surface area contributed by atoms with Gasteiger partial charge >= 0.3 is 5.97 Å². The summed E-state index contributed by atoms with van der Waals surface area (Å²) in [5, 5.41) is 6.49. The van der Waals surface area contributed by atoms with Crippen LogP contribution in [0.15, 0.2) is 84.9 Å². The zero-order valence-corrected chi connectivity index (χ0v) is 22.3. The third-order valence-electron chi connectivity index (χ3n) is 6.52. The molecule has 5 rings (SSSR count). The molecule has 3 atom stereocenters. The lowest BCUT2D eigenvalue weighted by molar-refractivity contribution is -0.151. The summed E-state index contributed by atoms with van der Waals surface area (Å²) >= 11 is 19.2. The van der Waals surface area contributed by atoms with Crippen molar-refractivity contribution in [2.24, 2.45) is 0 Å². The number of fused-ring (bicyclic) bond motifs is 1. The molecule has 0 radical (unpaired) electrons. The summed E-state index contributed by atoms with van der Waals surface area (Å²) in [6.45, 7) is 0.148. The van der Waals surface area contributed by atoms with E-state index in [1.165, 1.54) is 0 Å². The van der Waals surface area contributed by atoms with Crippen molar-refractivity contribution in [1.82, 2.24) is 0 Å². The molecule has 0 aliphatic carbocycles. The Morgan fingerprint density at radius 3 is 2.43 bits per heavy atom. The Hall–Kier alpha value is -2.76. The van der Waals surface area contributed by atoms with Crippen molar-refractivity contribution >= 4 is 62.9 Å². The van der Waals surface area contributed by atoms with Crippen molar-refractivity contribution < 1.29 is 14.3 Å². The number of nitrogens with one attached hydrogen (secondary N) is 1. The van der Waals surface area contributed by atoms with Crippen molar-refractivity contribution in [3.63, 3.8) is 0 Å². The van der Waals surface area contributed by atoms with Gasteiger partial charge in [-0.2, -0.15) is 0 Å². The van der Waals surface area contributed by atoms with Gasteiger partial charge in [-0.15, -0.1) is 11.6 Å². The molecule has 1 aliphatic rings. The van der Waals surface area contributed by atoms with Crippen molar-refractivity contribution in [1.29, 1.82) is 0 Å². The van der Waals surface area contributed by atoms with Crippen molar-refractivity contribution in [3.05, 3.63) is 106 Å². The first kappa shape index (κ1) is 25.9. The Morgan fingerprint density at radius 2 is 1.59 bits per heavy atom. The van der Waals surface area contributed by atoms with E-state index in [4.69, 9.17) is 44.3 Å². The number of carbonyl (C=O) groups is 1. The molecule has 7 heteroatoms. The van der Waals surface area contributed by atoms with E-state index < -0.39 is 0 Å². The van der Waals surface area contributed by atoms with E-state index in [1.54, 1.807) is 18.2 Å². The Balaban J connectivity index is 1.23. The molecule has 37 heavy (non-hydrogen) atoms. The van der Waals surface area contributed by atoms with Crippen LogP contribution in [0.1, 0.15) is 30.1 Å². The lowest BCUT2D eigenvalue weighted by Crippen LogP contribution is -2.33. The largest absolute Gasteiger partial charge is 0.463 e. The number of ether oxygens (including phenoxy) is 2. The highest BCUT2D eigenvalue weighted by Gasteiger charge is 2.31. The summed E-state index contributed by atoms with van der Waals surface area (Å²) in [7, 11) is 0. The maximum absolute atomic E-state index is 12.8. The zero-order chi connectivity index (χ0) is 25.8. The Bertz CT molecular complexity index is 1380. The van der Waals surface area contributed by atoms with E-state index >= 15 is 0 Å². The summed E-state index contributed by atoms with van der Waals surface area (Å²) in [4.78, 5) is 12.8. The van der Waals surface area contributed by atoms with E-state index in [1.807, 2.05) is 42.5 Å². The third kappa shape index (κ3) is 6.22. The molecule has 0 amide bonds. The van der Waals surface area contributed by atoms with Crippen LogP contribution in [0.2, 0.25) is 10.0 Å². The van der Waals surface area contributed by atoms with Crippen LogP contribution in [0.4, 0.5) is 11.4 Å². The molecule has 0 saturated carbocycles. The number of hydrogen-bond donors (Lipinski definition) is 1. The van der Waals surface area contributed by atoms with Gasteiger partial charge in [0.1, 0.15) is 6.61 Å². The SMILES string of the molecule is O=C(Cc1ccccc1Nc1c(Cl)cccc1Cl)OC[C@@H]1C[C@H](Cl)C[C@H](c2cccc3ccccc23)O1. The number of carbonyl (C=O) groups excluding carboxylic acids is 1. The normalized spacial score (nSPS) is 19.5. The molecule has 1 heterocycles. The van der Waals surface area contributed by atoms with Crippen LogP contribution in [0.3, 0.4) is 0 Å². The van der Waals surface area contributed by atoms with Gasteiger partial charge in [-0.25, -0.2) is 0 Å². The summed E-state index contributed by atoms with van der Waals surface area (Å²) in [5.74, 6) is -0.346. The second-order valence-corrected chi connectivity index (χ2v) is 10.6. The van der Waals surface area contributed by atoms with E-state index in [-0.39, 0.29) is 36.6 Å². The van der Waals surface area contributed by atoms with Crippen molar-refractivity contribution in [2.75, 3.05) is 11.9 Å². The molecule has 0 aromatic heterocycles. The van der Waals surface area contributed by atoms with Crippen LogP contribution in [0, 0.1) is 0 Å². The first-order chi connectivity index (χ1) is 18.0. The molecule has 1 fully saturated rings. The number of benzene rings is 4. The molecule has 4 nitrogen and oxygen atoms in total. The van der Waals surface area contributed by atoms with Crippen molar-refractivity contribution in [3.8, 4) is 0 Å². The van der Waals surface area contributed by atoms with Crippen LogP contribution < -0.4 is 5.32 Å². The lowest BCUT2D eigenvalue weighted by Gasteiger charge is -2.33. The van der Waals surface area contributed by atoms with Crippen LogP contribution in [-0.2, 0) is 20.7 Å². The molecule has 190 valence electrons. The first-order valence-electron chi connectivity index (χ1n) is 12.2. The van der Waals surface area contributed by atoms with Crippen LogP contribution in [-0.4, -0.2) is 24.1 Å². The minimum absolute atomic E-state index is 0.0632. The number of alkyl halides is 1. The van der Waals surface area contributed by atoms with Crippen LogP contribution >= 0.6 is 34.8 Å². The standard InChI is InChI=1S/C30H26Cl3NO3/c31-21-16-22(37-28(17-21)24-11-5-9-19-7-1-3-10-23(19)24)18-36-29(35)15-20-8-2-4-14-27(20)34-30-25(32)12-6-13-26(30)33/h1-14,21-22,28,34H,15-18H2/t21-,22-,28+/m0/s1. The minimum Gasteiger partial charge on any atom is -0.463 e. The fourth-order valence-electron chi connectivity index (χ4n) is 4.74. The van der Waals surface area contributed by atoms with E-state index in [0.717, 1.165) is 27.6 Å². The molecule has 4 aromatic rings. The smallest absolute Gasteiger partial charge is 0.310 e. The minimum atomic E-state index is -0.346. The first-order valence-corrected chi connectivity index (χ1v) is 13.4. The topological polar surface area (TPSA) is 47.6 Å². The highest BCUT2D eigenvalue weighted by atomic mass is 35.5. The van der Waals surface area contributed by atoms with Crippen LogP contribution in [0.5, 0.6) is 0 Å². The number of anilines is 2. The fourth-order valence-corrected chi connectivity index (χ4v) is 5.59. The third-order valence-corrected chi connectivity index (χ3v) is 7.51. The maximum Gasteiger partial charge on any atom is 0.310 e. The number of halogens is 3. The Morgan fingerprint density at radius 1 is 0.892 bits per heavy atom. The van der Waals surface area contributed by atoms with Gasteiger partial charge in [-0.1, -0.05) is 89.9 Å². The number of hydrogen-bond acceptors (Lipinski definition) is 4. The maximum atomic E-state index is 12.8. The van der Waals surface area contributed by atoms with Crippen LogP contribution in [0.25, 0.3) is 10.8 Å². The molecule has 0 unspecified atom stereocenters. The number of esters is 1. The highest BCUT2D eigenvalue weighted by Crippen LogP contribution is 2.37. The van der Waals surface area contributed by atoms with Gasteiger partial charge in [0.05, 0.1) is 34.4 Å². The average molecular weight is 555 g/mol. The number of para-hydroxylation sites is 2. The predicted octanol–water partition coefficient (Wildman–Crippen LogP) is 8.50. The molecule has 0 spiro atoms. The fraction of sp³-hybridized carbons (Fsp3) is 0.233. The van der Waals surface area contributed by atoms with E-state index in [0.29, 0.717) is 28.6 Å². The van der Waals surface area contributed by atoms with Gasteiger partial charge in [-0.3, -0.25) is 4.79 Å². The number of rotatable bonds is 7. The predicted molar refractivity (Wildman–Crippen MR) is 151 cm³/mol. The summed E-state index contributed by atoms with van der Waals surface area (Å²) in [6.07, 6.45) is 0.994. The quantitative estimate of drug-likeness (QED) is 0.184. The average Bonchev–Trinajstić information content (AvgIpc) is 2.90. The van der Waals surface area contributed by atoms with Gasteiger partial charge in [0.25, 0.3) is 0 Å². The molecule has 1 saturated heterocycles. The molecule has 0 bridgehead atoms. The van der Waals surface area contributed by atoms with E-state index in [2.05, 4.69) is 29.6 Å². The second-order valence-electron chi connectivity index (χ2n) is 9.12. The van der Waals surface area contributed by atoms with Crippen molar-refractivity contribution in [2.45, 2.75) is 36.8 Å². The van der Waals surface area contributed by atoms with Gasteiger partial charge in [0, 0.05) is 11.1 Å². The molecule has 4 aromatic carbocycles. The molecule has 1 N–H and O–H groups in total.